The van der Waals surface area contributed by atoms with Crippen LogP contribution in [0.2, 0.25) is 0 Å². The minimum absolute atomic E-state index is 0.394. The number of ether oxygens (including phenoxy) is 1. The van der Waals surface area contributed by atoms with Crippen molar-refractivity contribution in [1.82, 2.24) is 4.90 Å². The van der Waals surface area contributed by atoms with Gasteiger partial charge < -0.3 is 15.8 Å². The smallest absolute Gasteiger partial charge is 0.248 e. The highest BCUT2D eigenvalue weighted by atomic mass is 16.5. The van der Waals surface area contributed by atoms with E-state index in [1.165, 1.54) is 0 Å². The van der Waals surface area contributed by atoms with Gasteiger partial charge in [0.1, 0.15) is 0 Å². The van der Waals surface area contributed by atoms with E-state index in [2.05, 4.69) is 10.2 Å². The molecule has 1 heterocycles. The van der Waals surface area contributed by atoms with Crippen LogP contribution in [0.15, 0.2) is 24.3 Å². The average Bonchev–Trinajstić information content (AvgIpc) is 2.40. The summed E-state index contributed by atoms with van der Waals surface area (Å²) >= 11 is 0. The first-order chi connectivity index (χ1) is 8.75. The van der Waals surface area contributed by atoms with E-state index in [0.29, 0.717) is 5.56 Å². The van der Waals surface area contributed by atoms with E-state index < -0.39 is 5.91 Å². The molecule has 5 nitrogen and oxygen atoms in total. The highest BCUT2D eigenvalue weighted by Gasteiger charge is 2.09. The van der Waals surface area contributed by atoms with Gasteiger partial charge in [0.25, 0.3) is 0 Å². The lowest BCUT2D eigenvalue weighted by Gasteiger charge is -2.26. The summed E-state index contributed by atoms with van der Waals surface area (Å²) in [5, 5.41) is 3.32. The maximum atomic E-state index is 10.9. The second kappa shape index (κ2) is 6.37. The van der Waals surface area contributed by atoms with Crippen LogP contribution in [-0.4, -0.2) is 50.2 Å². The summed E-state index contributed by atoms with van der Waals surface area (Å²) in [5.41, 5.74) is 6.73. The fraction of sp³-hybridized carbons (Fsp3) is 0.462. The van der Waals surface area contributed by atoms with Gasteiger partial charge in [-0.2, -0.15) is 0 Å². The van der Waals surface area contributed by atoms with Crippen LogP contribution in [0.25, 0.3) is 0 Å². The number of rotatable bonds is 5. The van der Waals surface area contributed by atoms with E-state index in [-0.39, 0.29) is 0 Å². The number of nitrogens with one attached hydrogen (secondary N) is 1. The van der Waals surface area contributed by atoms with Crippen LogP contribution < -0.4 is 11.1 Å². The largest absolute Gasteiger partial charge is 0.384 e. The van der Waals surface area contributed by atoms with Crippen molar-refractivity contribution in [2.75, 3.05) is 44.7 Å². The van der Waals surface area contributed by atoms with E-state index >= 15 is 0 Å². The van der Waals surface area contributed by atoms with Crippen molar-refractivity contribution < 1.29 is 9.53 Å². The SMILES string of the molecule is NC(=O)c1ccc(NCCN2CCOCC2)cc1. The molecule has 3 N–H and O–H groups in total. The zero-order valence-electron chi connectivity index (χ0n) is 10.4. The van der Waals surface area contributed by atoms with Gasteiger partial charge in [0, 0.05) is 37.4 Å². The predicted molar refractivity (Wildman–Crippen MR) is 70.7 cm³/mol. The van der Waals surface area contributed by atoms with Crippen LogP contribution in [0.5, 0.6) is 0 Å². The first-order valence-corrected chi connectivity index (χ1v) is 6.19. The summed E-state index contributed by atoms with van der Waals surface area (Å²) in [4.78, 5) is 13.3. The van der Waals surface area contributed by atoms with E-state index in [1.54, 1.807) is 12.1 Å². The first kappa shape index (κ1) is 12.9. The average molecular weight is 249 g/mol. The van der Waals surface area contributed by atoms with Crippen molar-refractivity contribution >= 4 is 11.6 Å². The minimum Gasteiger partial charge on any atom is -0.384 e. The Morgan fingerprint density at radius 3 is 2.56 bits per heavy atom. The second-order valence-corrected chi connectivity index (χ2v) is 4.32. The molecule has 0 radical (unpaired) electrons. The summed E-state index contributed by atoms with van der Waals surface area (Å²) in [7, 11) is 0. The number of hydrogen-bond acceptors (Lipinski definition) is 4. The number of nitrogens with two attached hydrogens (primary N) is 1. The molecule has 98 valence electrons. The minimum atomic E-state index is -0.394. The molecule has 5 heteroatoms. The number of hydrogen-bond donors (Lipinski definition) is 2. The second-order valence-electron chi connectivity index (χ2n) is 4.32. The molecule has 1 aliphatic heterocycles. The van der Waals surface area contributed by atoms with Gasteiger partial charge in [-0.1, -0.05) is 0 Å². The molecular weight excluding hydrogens is 230 g/mol. The van der Waals surface area contributed by atoms with Gasteiger partial charge in [-0.3, -0.25) is 9.69 Å². The molecule has 0 saturated carbocycles. The Kier molecular flexibility index (Phi) is 4.55. The van der Waals surface area contributed by atoms with Crippen molar-refractivity contribution in [1.29, 1.82) is 0 Å². The Hall–Kier alpha value is -1.59. The molecule has 0 bridgehead atoms. The molecule has 1 aliphatic rings. The third-order valence-electron chi connectivity index (χ3n) is 3.03. The van der Waals surface area contributed by atoms with Crippen molar-refractivity contribution in [3.63, 3.8) is 0 Å². The van der Waals surface area contributed by atoms with Crippen molar-refractivity contribution in [3.8, 4) is 0 Å². The Morgan fingerprint density at radius 1 is 1.28 bits per heavy atom. The van der Waals surface area contributed by atoms with Gasteiger partial charge in [0.15, 0.2) is 0 Å². The van der Waals surface area contributed by atoms with Crippen molar-refractivity contribution in [3.05, 3.63) is 29.8 Å². The number of nitrogens with zero attached hydrogens (tertiary/aromatic N) is 1. The van der Waals surface area contributed by atoms with Gasteiger partial charge >= 0.3 is 0 Å². The maximum absolute atomic E-state index is 10.9. The number of primary amides is 1. The summed E-state index contributed by atoms with van der Waals surface area (Å²) in [6.45, 7) is 5.54. The molecule has 1 aromatic rings. The molecule has 18 heavy (non-hydrogen) atoms. The lowest BCUT2D eigenvalue weighted by Crippen LogP contribution is -2.39. The zero-order valence-corrected chi connectivity index (χ0v) is 10.4. The van der Waals surface area contributed by atoms with E-state index in [4.69, 9.17) is 10.5 Å². The van der Waals surface area contributed by atoms with Gasteiger partial charge in [-0.05, 0) is 24.3 Å². The highest BCUT2D eigenvalue weighted by molar-refractivity contribution is 5.93. The number of amides is 1. The van der Waals surface area contributed by atoms with Crippen LogP contribution in [0, 0.1) is 0 Å². The summed E-state index contributed by atoms with van der Waals surface area (Å²) in [6.07, 6.45) is 0. The Labute approximate surface area is 107 Å². The van der Waals surface area contributed by atoms with Crippen molar-refractivity contribution in [2.24, 2.45) is 5.73 Å². The summed E-state index contributed by atoms with van der Waals surface area (Å²) < 4.78 is 5.29. The van der Waals surface area contributed by atoms with E-state index in [1.807, 2.05) is 12.1 Å². The molecule has 2 rings (SSSR count). The predicted octanol–water partition coefficient (Wildman–Crippen LogP) is 0.530. The van der Waals surface area contributed by atoms with Crippen LogP contribution in [-0.2, 0) is 4.74 Å². The molecule has 1 fully saturated rings. The molecule has 1 amide bonds. The maximum Gasteiger partial charge on any atom is 0.248 e. The first-order valence-electron chi connectivity index (χ1n) is 6.19. The Morgan fingerprint density at radius 2 is 1.94 bits per heavy atom. The summed E-state index contributed by atoms with van der Waals surface area (Å²) in [5.74, 6) is -0.394. The van der Waals surface area contributed by atoms with Gasteiger partial charge in [0.05, 0.1) is 13.2 Å². The fourth-order valence-electron chi connectivity index (χ4n) is 1.94. The van der Waals surface area contributed by atoms with Gasteiger partial charge in [-0.15, -0.1) is 0 Å². The number of anilines is 1. The lowest BCUT2D eigenvalue weighted by molar-refractivity contribution is 0.0398. The molecule has 0 aromatic heterocycles. The standard InChI is InChI=1S/C13H19N3O2/c14-13(17)11-1-3-12(4-2-11)15-5-6-16-7-9-18-10-8-16/h1-4,15H,5-10H2,(H2,14,17). The number of benzene rings is 1. The highest BCUT2D eigenvalue weighted by Crippen LogP contribution is 2.08. The Bertz CT molecular complexity index is 386. The monoisotopic (exact) mass is 249 g/mol. The van der Waals surface area contributed by atoms with Crippen LogP contribution in [0.4, 0.5) is 5.69 Å². The van der Waals surface area contributed by atoms with Crippen LogP contribution in [0.1, 0.15) is 10.4 Å². The third-order valence-corrected chi connectivity index (χ3v) is 3.03. The zero-order chi connectivity index (χ0) is 12.8. The van der Waals surface area contributed by atoms with Gasteiger partial charge in [0.2, 0.25) is 5.91 Å². The fourth-order valence-corrected chi connectivity index (χ4v) is 1.94. The Balaban J connectivity index is 1.74. The molecule has 0 atom stereocenters. The van der Waals surface area contributed by atoms with Gasteiger partial charge in [-0.25, -0.2) is 0 Å². The molecule has 0 unspecified atom stereocenters. The van der Waals surface area contributed by atoms with E-state index in [0.717, 1.165) is 45.1 Å². The molecule has 1 saturated heterocycles. The van der Waals surface area contributed by atoms with Crippen LogP contribution >= 0.6 is 0 Å². The molecule has 0 spiro atoms. The summed E-state index contributed by atoms with van der Waals surface area (Å²) in [6, 6.07) is 7.22. The van der Waals surface area contributed by atoms with Crippen LogP contribution in [0.3, 0.4) is 0 Å². The topological polar surface area (TPSA) is 67.6 Å². The molecule has 1 aromatic carbocycles. The number of morpholine rings is 1. The van der Waals surface area contributed by atoms with E-state index in [9.17, 15) is 4.79 Å². The van der Waals surface area contributed by atoms with Crippen molar-refractivity contribution in [2.45, 2.75) is 0 Å². The third kappa shape index (κ3) is 3.72. The lowest BCUT2D eigenvalue weighted by atomic mass is 10.2. The number of carbonyl (C=O) groups is 1. The molecular formula is C13H19N3O2. The quantitative estimate of drug-likeness (QED) is 0.799. The molecule has 0 aliphatic carbocycles. The normalized spacial score (nSPS) is 16.4. The number of carbonyl (C=O) groups excluding carboxylic acids is 1.